The molecule has 0 radical (unpaired) electrons. The van der Waals surface area contributed by atoms with E-state index in [1.165, 1.54) is 43.8 Å². The Labute approximate surface area is 390 Å². The van der Waals surface area contributed by atoms with Crippen molar-refractivity contribution in [2.45, 2.75) is 0 Å². The molecule has 0 atom stereocenters. The smallest absolute Gasteiger partial charge is 0.164 e. The molecule has 68 heavy (non-hydrogen) atoms. The van der Waals surface area contributed by atoms with Crippen LogP contribution in [0.25, 0.3) is 138 Å². The van der Waals surface area contributed by atoms with E-state index in [9.17, 15) is 0 Å². The van der Waals surface area contributed by atoms with Crippen LogP contribution in [0.15, 0.2) is 235 Å². The van der Waals surface area contributed by atoms with Crippen LogP contribution in [-0.4, -0.2) is 19.5 Å². The third-order valence-electron chi connectivity index (χ3n) is 13.6. The fourth-order valence-corrected chi connectivity index (χ4v) is 10.4. The molecule has 0 unspecified atom stereocenters. The van der Waals surface area contributed by atoms with Crippen LogP contribution in [0.3, 0.4) is 0 Å². The van der Waals surface area contributed by atoms with Gasteiger partial charge in [-0.3, -0.25) is 0 Å². The minimum absolute atomic E-state index is 0.578. The van der Waals surface area contributed by atoms with Gasteiger partial charge in [-0.1, -0.05) is 176 Å². The summed E-state index contributed by atoms with van der Waals surface area (Å²) in [5.74, 6) is 1.79. The highest BCUT2D eigenvalue weighted by atomic mass is 16.3. The molecule has 0 saturated heterocycles. The Kier molecular flexibility index (Phi) is 8.52. The van der Waals surface area contributed by atoms with Gasteiger partial charge in [0, 0.05) is 43.9 Å². The Hall–Kier alpha value is -9.19. The highest BCUT2D eigenvalue weighted by molar-refractivity contribution is 6.25. The Morgan fingerprint density at radius 2 is 0.897 bits per heavy atom. The van der Waals surface area contributed by atoms with Gasteiger partial charge in [-0.25, -0.2) is 15.0 Å². The highest BCUT2D eigenvalue weighted by Gasteiger charge is 2.22. The first kappa shape index (κ1) is 38.1. The molecule has 14 rings (SSSR count). The SMILES string of the molecule is c1ccc(-c2ccc3c(c2)c2c4ccccc4c(-c4ccccc4)cc2n3-c2ccc3oc4cccc(-c5nc(-c6ccc7ccccc7c6)nc(-c6ccc7ccccc7c6)n5)c4c3c2)cc1. The lowest BCUT2D eigenvalue weighted by Crippen LogP contribution is -2.00. The Morgan fingerprint density at radius 3 is 1.60 bits per heavy atom. The summed E-state index contributed by atoms with van der Waals surface area (Å²) < 4.78 is 9.14. The van der Waals surface area contributed by atoms with E-state index in [4.69, 9.17) is 19.4 Å². The number of hydrogen-bond acceptors (Lipinski definition) is 4. The quantitative estimate of drug-likeness (QED) is 0.167. The maximum atomic E-state index is 6.71. The summed E-state index contributed by atoms with van der Waals surface area (Å²) >= 11 is 0. The molecule has 5 heteroatoms. The highest BCUT2D eigenvalue weighted by Crippen LogP contribution is 2.44. The molecule has 3 heterocycles. The van der Waals surface area contributed by atoms with Crippen molar-refractivity contribution in [3.05, 3.63) is 231 Å². The van der Waals surface area contributed by atoms with Crippen molar-refractivity contribution in [2.24, 2.45) is 0 Å². The maximum absolute atomic E-state index is 6.71. The zero-order valence-electron chi connectivity index (χ0n) is 36.6. The fraction of sp³-hybridized carbons (Fsp3) is 0. The number of benzene rings is 11. The van der Waals surface area contributed by atoms with Gasteiger partial charge < -0.3 is 8.98 Å². The van der Waals surface area contributed by atoms with Crippen molar-refractivity contribution in [1.29, 1.82) is 0 Å². The van der Waals surface area contributed by atoms with Crippen LogP contribution in [0, 0.1) is 0 Å². The first-order valence-electron chi connectivity index (χ1n) is 23.0. The molecule has 0 fully saturated rings. The van der Waals surface area contributed by atoms with Crippen LogP contribution < -0.4 is 0 Å². The summed E-state index contributed by atoms with van der Waals surface area (Å²) in [6, 6.07) is 81.8. The molecule has 14 aromatic rings. The Balaban J connectivity index is 1.02. The van der Waals surface area contributed by atoms with Crippen LogP contribution in [0.2, 0.25) is 0 Å². The topological polar surface area (TPSA) is 56.7 Å². The van der Waals surface area contributed by atoms with Crippen LogP contribution in [0.5, 0.6) is 0 Å². The average Bonchev–Trinajstić information content (AvgIpc) is 3.96. The third kappa shape index (κ3) is 6.14. The number of furan rings is 1. The normalized spacial score (nSPS) is 11.8. The molecule has 0 N–H and O–H groups in total. The Bertz CT molecular complexity index is 4220. The van der Waals surface area contributed by atoms with Gasteiger partial charge in [0.05, 0.1) is 11.0 Å². The van der Waals surface area contributed by atoms with Gasteiger partial charge in [0.1, 0.15) is 11.2 Å². The van der Waals surface area contributed by atoms with E-state index < -0.39 is 0 Å². The molecular formula is C63H38N4O. The van der Waals surface area contributed by atoms with Crippen molar-refractivity contribution in [3.8, 4) is 62.1 Å². The minimum Gasteiger partial charge on any atom is -0.456 e. The van der Waals surface area contributed by atoms with Gasteiger partial charge in [0.2, 0.25) is 0 Å². The molecule has 0 aliphatic carbocycles. The molecule has 5 nitrogen and oxygen atoms in total. The van der Waals surface area contributed by atoms with Gasteiger partial charge >= 0.3 is 0 Å². The monoisotopic (exact) mass is 866 g/mol. The summed E-state index contributed by atoms with van der Waals surface area (Å²) in [4.78, 5) is 15.8. The van der Waals surface area contributed by atoms with Crippen LogP contribution >= 0.6 is 0 Å². The van der Waals surface area contributed by atoms with Crippen molar-refractivity contribution in [1.82, 2.24) is 19.5 Å². The van der Waals surface area contributed by atoms with Crippen molar-refractivity contribution in [2.75, 3.05) is 0 Å². The number of rotatable bonds is 6. The van der Waals surface area contributed by atoms with E-state index in [0.717, 1.165) is 76.9 Å². The molecule has 11 aromatic carbocycles. The molecule has 316 valence electrons. The maximum Gasteiger partial charge on any atom is 0.164 e. The number of nitrogens with zero attached hydrogens (tertiary/aromatic N) is 4. The van der Waals surface area contributed by atoms with E-state index in [-0.39, 0.29) is 0 Å². The van der Waals surface area contributed by atoms with E-state index in [0.29, 0.717) is 17.5 Å². The third-order valence-corrected chi connectivity index (χ3v) is 13.6. The van der Waals surface area contributed by atoms with Crippen LogP contribution in [0.4, 0.5) is 0 Å². The van der Waals surface area contributed by atoms with Gasteiger partial charge in [0.15, 0.2) is 17.5 Å². The standard InChI is InChI=1S/C63H38N4O/c1-3-14-39(15-4-1)45-30-32-55-53(36-45)59-50-23-12-11-22-49(50)52(42-18-5-2-6-19-42)38-56(59)67(55)48-31-33-57-54(37-48)60-51(24-13-25-58(60)68-57)63-65-61(46-28-26-40-16-7-9-20-43(40)34-46)64-62(66-63)47-29-27-41-17-8-10-21-44(41)35-47/h1-38H. The van der Waals surface area contributed by atoms with Gasteiger partial charge in [-0.15, -0.1) is 0 Å². The summed E-state index contributed by atoms with van der Waals surface area (Å²) in [6.07, 6.45) is 0. The first-order valence-corrected chi connectivity index (χ1v) is 23.0. The summed E-state index contributed by atoms with van der Waals surface area (Å²) in [5, 5.41) is 11.4. The molecule has 0 aliphatic rings. The second-order valence-corrected chi connectivity index (χ2v) is 17.6. The van der Waals surface area contributed by atoms with Crippen molar-refractivity contribution >= 4 is 76.1 Å². The van der Waals surface area contributed by atoms with Gasteiger partial charge in [0.25, 0.3) is 0 Å². The van der Waals surface area contributed by atoms with Gasteiger partial charge in [-0.2, -0.15) is 0 Å². The Morgan fingerprint density at radius 1 is 0.294 bits per heavy atom. The van der Waals surface area contributed by atoms with Crippen LogP contribution in [0.1, 0.15) is 0 Å². The van der Waals surface area contributed by atoms with Crippen molar-refractivity contribution < 1.29 is 4.42 Å². The lowest BCUT2D eigenvalue weighted by atomic mass is 9.94. The summed E-state index contributed by atoms with van der Waals surface area (Å²) in [6.45, 7) is 0. The molecular weight excluding hydrogens is 829 g/mol. The second kappa shape index (κ2) is 15.2. The van der Waals surface area contributed by atoms with Gasteiger partial charge in [-0.05, 0) is 109 Å². The minimum atomic E-state index is 0.578. The molecule has 0 saturated carbocycles. The lowest BCUT2D eigenvalue weighted by molar-refractivity contribution is 0.669. The zero-order valence-corrected chi connectivity index (χ0v) is 36.6. The summed E-state index contributed by atoms with van der Waals surface area (Å²) in [5.41, 5.74) is 12.3. The molecule has 0 bridgehead atoms. The average molecular weight is 867 g/mol. The number of hydrogen-bond donors (Lipinski definition) is 0. The predicted octanol–water partition coefficient (Wildman–Crippen LogP) is 16.7. The fourth-order valence-electron chi connectivity index (χ4n) is 10.4. The summed E-state index contributed by atoms with van der Waals surface area (Å²) in [7, 11) is 0. The number of fused-ring (bicyclic) bond motifs is 10. The van der Waals surface area contributed by atoms with E-state index >= 15 is 0 Å². The van der Waals surface area contributed by atoms with Crippen LogP contribution in [-0.2, 0) is 0 Å². The van der Waals surface area contributed by atoms with Crippen molar-refractivity contribution in [3.63, 3.8) is 0 Å². The first-order chi connectivity index (χ1) is 33.7. The molecule has 0 aliphatic heterocycles. The largest absolute Gasteiger partial charge is 0.456 e. The molecule has 0 spiro atoms. The molecule has 3 aromatic heterocycles. The van der Waals surface area contributed by atoms with E-state index in [2.05, 4.69) is 223 Å². The predicted molar refractivity (Wildman–Crippen MR) is 281 cm³/mol. The van der Waals surface area contributed by atoms with E-state index in [1.54, 1.807) is 0 Å². The zero-order chi connectivity index (χ0) is 44.7. The number of aromatic nitrogens is 4. The second-order valence-electron chi connectivity index (χ2n) is 17.6. The molecule has 0 amide bonds. The van der Waals surface area contributed by atoms with E-state index in [1.807, 2.05) is 12.1 Å². The lowest BCUT2D eigenvalue weighted by Gasteiger charge is -2.12.